The molecule has 4 aliphatic heterocycles. The summed E-state index contributed by atoms with van der Waals surface area (Å²) in [5.41, 5.74) is 0.407. The standard InChI is InChI=1S/C52H59F3N8O8S/c1-49(2,52(53,54)55)38-8-5-4-7-36(38)40-9-6-20-61(40)34-24-51(25-34)29-60(30-51)33-10-12-37(41(22-33)62-43-21-32-16-19-56-46(32)58-48(43)71-45-28-70-27-44(45)62)47(64)59-72(68,69)35-11-13-39(42(23-35)63(66)67)57-26-31-14-17-50(3,65)18-15-31/h4-5,7-8,10-13,16,19,21-23,31,34,40,44-45,57,65H,6,9,14-15,17-18,20,24-30H2,1-3H3,(H,56,58)(H,59,64)/t31?,40-,44-,45-,50?/m0/s1. The maximum Gasteiger partial charge on any atom is 0.397 e. The number of carbonyl (C=O) groups is 1. The molecular formula is C52H59F3N8O8S. The lowest BCUT2D eigenvalue weighted by molar-refractivity contribution is -0.384. The van der Waals surface area contributed by atoms with E-state index in [0.717, 1.165) is 67.8 Å². The van der Waals surface area contributed by atoms with Crippen LogP contribution in [0.15, 0.2) is 83.9 Å². The minimum absolute atomic E-state index is 0.00176. The van der Waals surface area contributed by atoms with Gasteiger partial charge in [-0.1, -0.05) is 24.3 Å². The van der Waals surface area contributed by atoms with E-state index in [1.807, 2.05) is 35.2 Å². The number of anilines is 4. The van der Waals surface area contributed by atoms with Crippen LogP contribution in [0, 0.1) is 21.4 Å². The molecule has 4 N–H and O–H groups in total. The molecule has 16 nitrogen and oxygen atoms in total. The molecule has 0 radical (unpaired) electrons. The number of halogens is 3. The maximum atomic E-state index is 14.6. The number of aliphatic hydroxyl groups is 1. The number of nitrogens with zero attached hydrogens (tertiary/aromatic N) is 5. The van der Waals surface area contributed by atoms with Crippen molar-refractivity contribution in [1.29, 1.82) is 0 Å². The minimum atomic E-state index is -4.67. The Morgan fingerprint density at radius 3 is 2.51 bits per heavy atom. The molecule has 72 heavy (non-hydrogen) atoms. The lowest BCUT2D eigenvalue weighted by Gasteiger charge is -2.62. The quantitative estimate of drug-likeness (QED) is 0.0684. The normalized spacial score (nSPS) is 25.4. The smallest absolute Gasteiger partial charge is 0.397 e. The Kier molecular flexibility index (Phi) is 11.8. The molecule has 2 saturated carbocycles. The predicted octanol–water partition coefficient (Wildman–Crippen LogP) is 8.89. The lowest BCUT2D eigenvalue weighted by Crippen LogP contribution is -2.66. The second-order valence-electron chi connectivity index (χ2n) is 21.8. The van der Waals surface area contributed by atoms with Crippen molar-refractivity contribution >= 4 is 55.4 Å². The topological polar surface area (TPSA) is 195 Å². The van der Waals surface area contributed by atoms with Gasteiger partial charge in [0.15, 0.2) is 0 Å². The number of H-pyrrole nitrogens is 1. The van der Waals surface area contributed by atoms with Crippen molar-refractivity contribution in [3.63, 3.8) is 0 Å². The second-order valence-corrected chi connectivity index (χ2v) is 23.5. The van der Waals surface area contributed by atoms with Gasteiger partial charge >= 0.3 is 6.18 Å². The van der Waals surface area contributed by atoms with Gasteiger partial charge in [-0.3, -0.25) is 19.8 Å². The van der Waals surface area contributed by atoms with E-state index in [1.54, 1.807) is 37.4 Å². The number of ether oxygens (including phenoxy) is 2. The summed E-state index contributed by atoms with van der Waals surface area (Å²) in [5.74, 6) is -0.466. The Morgan fingerprint density at radius 1 is 1.00 bits per heavy atom. The van der Waals surface area contributed by atoms with Gasteiger partial charge in [0.25, 0.3) is 21.6 Å². The van der Waals surface area contributed by atoms with Gasteiger partial charge in [-0.15, -0.1) is 0 Å². The van der Waals surface area contributed by atoms with Gasteiger partial charge in [0.2, 0.25) is 5.88 Å². The highest BCUT2D eigenvalue weighted by Crippen LogP contribution is 2.56. The van der Waals surface area contributed by atoms with Crippen molar-refractivity contribution in [2.75, 3.05) is 54.5 Å². The third-order valence-electron chi connectivity index (χ3n) is 16.5. The fraction of sp³-hybridized carbons (Fsp3) is 0.500. The minimum Gasteiger partial charge on any atom is -0.468 e. The van der Waals surface area contributed by atoms with E-state index in [9.17, 15) is 41.6 Å². The summed E-state index contributed by atoms with van der Waals surface area (Å²) in [4.78, 5) is 40.3. The Labute approximate surface area is 415 Å². The number of alkyl halides is 3. The van der Waals surface area contributed by atoms with E-state index < -0.39 is 60.8 Å². The van der Waals surface area contributed by atoms with Crippen molar-refractivity contribution in [2.45, 2.75) is 118 Å². The number of fused-ring (bicyclic) bond motifs is 3. The first-order valence-electron chi connectivity index (χ1n) is 24.8. The summed E-state index contributed by atoms with van der Waals surface area (Å²) < 4.78 is 85.8. The van der Waals surface area contributed by atoms with Gasteiger partial charge in [-0.25, -0.2) is 13.1 Å². The van der Waals surface area contributed by atoms with Crippen LogP contribution in [0.3, 0.4) is 0 Å². The summed E-state index contributed by atoms with van der Waals surface area (Å²) >= 11 is 0. The molecule has 3 atom stereocenters. The molecule has 1 amide bonds. The molecule has 6 aliphatic rings. The zero-order valence-electron chi connectivity index (χ0n) is 40.4. The van der Waals surface area contributed by atoms with Gasteiger partial charge in [0, 0.05) is 60.5 Å². The molecule has 2 aliphatic carbocycles. The Hall–Kier alpha value is -5.96. The molecule has 5 fully saturated rings. The predicted molar refractivity (Wildman–Crippen MR) is 264 cm³/mol. The van der Waals surface area contributed by atoms with Crippen LogP contribution in [0.1, 0.15) is 99.7 Å². The van der Waals surface area contributed by atoms with Crippen LogP contribution in [0.4, 0.5) is 41.6 Å². The van der Waals surface area contributed by atoms with Crippen LogP contribution < -0.4 is 24.6 Å². The first-order chi connectivity index (χ1) is 34.2. The number of hydrogen-bond donors (Lipinski definition) is 4. The number of likely N-dealkylation sites (tertiary alicyclic amines) is 1. The first kappa shape index (κ1) is 48.3. The number of rotatable bonds is 12. The van der Waals surface area contributed by atoms with Gasteiger partial charge in [-0.05, 0) is 138 Å². The molecule has 3 aromatic carbocycles. The molecule has 20 heteroatoms. The number of nitro groups is 1. The average molecular weight is 1010 g/mol. The van der Waals surface area contributed by atoms with E-state index in [1.165, 1.54) is 26.0 Å². The Bertz CT molecular complexity index is 3050. The summed E-state index contributed by atoms with van der Waals surface area (Å²) in [6.45, 7) is 7.47. The average Bonchev–Trinajstić information content (AvgIpc) is 4.10. The van der Waals surface area contributed by atoms with Crippen LogP contribution in [-0.4, -0.2) is 109 Å². The summed E-state index contributed by atoms with van der Waals surface area (Å²) in [7, 11) is -4.67. The summed E-state index contributed by atoms with van der Waals surface area (Å²) in [6.07, 6.45) is 3.09. The molecule has 5 aromatic rings. The number of pyridine rings is 1. The van der Waals surface area contributed by atoms with Crippen molar-refractivity contribution < 1.29 is 45.9 Å². The van der Waals surface area contributed by atoms with Crippen molar-refractivity contribution in [3.05, 3.63) is 106 Å². The number of nitro benzene ring substituents is 1. The first-order valence-corrected chi connectivity index (χ1v) is 26.3. The highest BCUT2D eigenvalue weighted by Gasteiger charge is 2.56. The molecule has 382 valence electrons. The number of benzene rings is 3. The van der Waals surface area contributed by atoms with Crippen molar-refractivity contribution in [2.24, 2.45) is 11.3 Å². The highest BCUT2D eigenvalue weighted by atomic mass is 32.2. The second kappa shape index (κ2) is 17.6. The van der Waals surface area contributed by atoms with Gasteiger partial charge in [0.1, 0.15) is 23.1 Å². The van der Waals surface area contributed by atoms with E-state index in [0.29, 0.717) is 60.9 Å². The van der Waals surface area contributed by atoms with E-state index in [-0.39, 0.29) is 47.9 Å². The lowest BCUT2D eigenvalue weighted by atomic mass is 9.60. The summed E-state index contributed by atoms with van der Waals surface area (Å²) in [6, 6.07) is 19.3. The Balaban J connectivity index is 0.859. The van der Waals surface area contributed by atoms with Gasteiger partial charge in [0.05, 0.1) is 51.3 Å². The molecule has 2 aromatic heterocycles. The third kappa shape index (κ3) is 8.60. The Morgan fingerprint density at radius 2 is 1.76 bits per heavy atom. The van der Waals surface area contributed by atoms with Crippen molar-refractivity contribution in [1.82, 2.24) is 19.6 Å². The van der Waals surface area contributed by atoms with E-state index in [4.69, 9.17) is 14.5 Å². The maximum absolute atomic E-state index is 14.6. The number of nitrogens with one attached hydrogen (secondary N) is 3. The van der Waals surface area contributed by atoms with Crippen LogP contribution in [-0.2, 0) is 20.2 Å². The number of aromatic nitrogens is 2. The zero-order valence-corrected chi connectivity index (χ0v) is 41.2. The van der Waals surface area contributed by atoms with Gasteiger partial charge < -0.3 is 34.7 Å². The molecule has 6 heterocycles. The fourth-order valence-corrected chi connectivity index (χ4v) is 13.2. The molecule has 3 saturated heterocycles. The monoisotopic (exact) mass is 1010 g/mol. The molecular weight excluding hydrogens is 954 g/mol. The molecule has 1 spiro atoms. The van der Waals surface area contributed by atoms with Crippen LogP contribution in [0.25, 0.3) is 11.0 Å². The number of amides is 1. The summed E-state index contributed by atoms with van der Waals surface area (Å²) in [5, 5.41) is 26.6. The van der Waals surface area contributed by atoms with Crippen molar-refractivity contribution in [3.8, 4) is 5.88 Å². The zero-order chi connectivity index (χ0) is 50.5. The third-order valence-corrected chi connectivity index (χ3v) is 17.8. The van der Waals surface area contributed by atoms with Gasteiger partial charge in [-0.2, -0.15) is 18.2 Å². The number of carbonyl (C=O) groups excluding carboxylic acids is 1. The fourth-order valence-electron chi connectivity index (χ4n) is 12.2. The van der Waals surface area contributed by atoms with Crippen LogP contribution in [0.5, 0.6) is 5.88 Å². The molecule has 11 rings (SSSR count). The van der Waals surface area contributed by atoms with Crippen LogP contribution in [0.2, 0.25) is 0 Å². The highest BCUT2D eigenvalue weighted by molar-refractivity contribution is 7.90. The number of sulfonamides is 1. The molecule has 0 bridgehead atoms. The number of aromatic amines is 1. The van der Waals surface area contributed by atoms with E-state index >= 15 is 0 Å². The number of hydrogen-bond acceptors (Lipinski definition) is 13. The van der Waals surface area contributed by atoms with E-state index in [2.05, 4.69) is 24.8 Å². The SMILES string of the molecule is CC1(O)CCC(CNc2ccc(S(=O)(=O)NC(=O)c3ccc(N4CC5(CC(N6CCC[C@H]6c6ccccc6C(C)(C)C(F)(F)F)C5)C4)cc3N3c4cc5cc[nH]c5nc4O[C@H]4COC[C@@H]43)cc2[N+](=O)[O-])CC1. The largest absolute Gasteiger partial charge is 0.468 e. The molecule has 0 unspecified atom stereocenters. The van der Waals surface area contributed by atoms with Crippen LogP contribution >= 0.6 is 0 Å².